The molecule has 154 valence electrons. The third kappa shape index (κ3) is 5.05. The molecule has 0 radical (unpaired) electrons. The Morgan fingerprint density at radius 1 is 1.07 bits per heavy atom. The van der Waals surface area contributed by atoms with Gasteiger partial charge >= 0.3 is 11.9 Å². The van der Waals surface area contributed by atoms with Gasteiger partial charge in [0.2, 0.25) is 5.76 Å². The van der Waals surface area contributed by atoms with E-state index in [0.29, 0.717) is 28.5 Å². The number of hydrogen-bond acceptors (Lipinski definition) is 7. The van der Waals surface area contributed by atoms with Gasteiger partial charge in [0.15, 0.2) is 11.5 Å². The smallest absolute Gasteiger partial charge is 0.371 e. The maximum absolute atomic E-state index is 11.6. The van der Waals surface area contributed by atoms with Crippen molar-refractivity contribution in [1.82, 2.24) is 0 Å². The number of aliphatic imine (C=N–C) groups is 1. The van der Waals surface area contributed by atoms with Crippen molar-refractivity contribution in [3.05, 3.63) is 77.2 Å². The van der Waals surface area contributed by atoms with Crippen molar-refractivity contribution in [2.24, 2.45) is 4.99 Å². The zero-order valence-electron chi connectivity index (χ0n) is 16.3. The highest BCUT2D eigenvalue weighted by Crippen LogP contribution is 2.29. The summed E-state index contributed by atoms with van der Waals surface area (Å²) in [7, 11) is 2.84. The minimum atomic E-state index is -1.14. The van der Waals surface area contributed by atoms with E-state index in [1.165, 1.54) is 20.3 Å². The van der Waals surface area contributed by atoms with E-state index in [1.54, 1.807) is 54.7 Å². The van der Waals surface area contributed by atoms with Crippen molar-refractivity contribution in [3.63, 3.8) is 0 Å². The van der Waals surface area contributed by atoms with Crippen LogP contribution in [0.3, 0.4) is 0 Å². The van der Waals surface area contributed by atoms with Crippen LogP contribution >= 0.6 is 0 Å². The van der Waals surface area contributed by atoms with Crippen LogP contribution in [0.4, 0.5) is 5.69 Å². The molecule has 0 aliphatic heterocycles. The second-order valence-electron chi connectivity index (χ2n) is 6.07. The van der Waals surface area contributed by atoms with E-state index in [9.17, 15) is 9.59 Å². The average molecular weight is 409 g/mol. The summed E-state index contributed by atoms with van der Waals surface area (Å²) in [5.74, 6) is -0.390. The van der Waals surface area contributed by atoms with Gasteiger partial charge in [0.05, 0.1) is 25.5 Å². The lowest BCUT2D eigenvalue weighted by atomic mass is 10.2. The van der Waals surface area contributed by atoms with E-state index < -0.39 is 11.9 Å². The van der Waals surface area contributed by atoms with Crippen LogP contribution in [0, 0.1) is 0 Å². The van der Waals surface area contributed by atoms with Crippen LogP contribution in [0.1, 0.15) is 32.2 Å². The number of carbonyl (C=O) groups excluding carboxylic acids is 1. The molecule has 0 spiro atoms. The van der Waals surface area contributed by atoms with E-state index in [-0.39, 0.29) is 12.4 Å². The molecule has 3 aromatic rings. The lowest BCUT2D eigenvalue weighted by Crippen LogP contribution is -2.00. The molecule has 2 aromatic carbocycles. The monoisotopic (exact) mass is 409 g/mol. The van der Waals surface area contributed by atoms with E-state index >= 15 is 0 Å². The predicted molar refractivity (Wildman–Crippen MR) is 108 cm³/mol. The second kappa shape index (κ2) is 9.42. The molecule has 8 nitrogen and oxygen atoms in total. The van der Waals surface area contributed by atoms with Crippen LogP contribution in [-0.4, -0.2) is 37.5 Å². The fraction of sp³-hybridized carbons (Fsp3) is 0.136. The Morgan fingerprint density at radius 2 is 1.90 bits per heavy atom. The number of aromatic carboxylic acids is 1. The Kier molecular flexibility index (Phi) is 6.49. The highest BCUT2D eigenvalue weighted by Gasteiger charge is 2.11. The van der Waals surface area contributed by atoms with Gasteiger partial charge in [0, 0.05) is 6.21 Å². The second-order valence-corrected chi connectivity index (χ2v) is 6.07. The van der Waals surface area contributed by atoms with Crippen LogP contribution in [0.15, 0.2) is 64.0 Å². The summed E-state index contributed by atoms with van der Waals surface area (Å²) in [5, 5.41) is 8.89. The first-order valence-corrected chi connectivity index (χ1v) is 8.85. The zero-order chi connectivity index (χ0) is 21.5. The Labute approximate surface area is 172 Å². The lowest BCUT2D eigenvalue weighted by Gasteiger charge is -2.10. The van der Waals surface area contributed by atoms with Crippen molar-refractivity contribution < 1.29 is 33.3 Å². The van der Waals surface area contributed by atoms with Crippen LogP contribution in [-0.2, 0) is 11.3 Å². The molecule has 0 amide bonds. The van der Waals surface area contributed by atoms with Crippen LogP contribution in [0.25, 0.3) is 0 Å². The summed E-state index contributed by atoms with van der Waals surface area (Å²) in [6.07, 6.45) is 1.63. The minimum Gasteiger partial charge on any atom is -0.493 e. The van der Waals surface area contributed by atoms with Gasteiger partial charge in [-0.15, -0.1) is 0 Å². The number of esters is 1. The number of benzene rings is 2. The molecule has 0 fully saturated rings. The maximum atomic E-state index is 11.6. The van der Waals surface area contributed by atoms with E-state index in [4.69, 9.17) is 23.7 Å². The molecule has 1 heterocycles. The molecule has 0 aliphatic carbocycles. The molecule has 30 heavy (non-hydrogen) atoms. The number of carbonyl (C=O) groups is 2. The Balaban J connectivity index is 1.71. The average Bonchev–Trinajstić information content (AvgIpc) is 3.25. The number of methoxy groups -OCH3 is 2. The Bertz CT molecular complexity index is 1080. The molecule has 0 saturated carbocycles. The van der Waals surface area contributed by atoms with Crippen molar-refractivity contribution in [2.75, 3.05) is 14.2 Å². The molecular weight excluding hydrogens is 390 g/mol. The Morgan fingerprint density at radius 3 is 2.60 bits per heavy atom. The summed E-state index contributed by atoms with van der Waals surface area (Å²) >= 11 is 0. The molecule has 0 atom stereocenters. The summed E-state index contributed by atoms with van der Waals surface area (Å²) < 4.78 is 20.9. The summed E-state index contributed by atoms with van der Waals surface area (Å²) in [6, 6.07) is 14.9. The minimum absolute atomic E-state index is 0.0530. The van der Waals surface area contributed by atoms with Gasteiger partial charge in [0.25, 0.3) is 0 Å². The number of nitrogens with zero attached hydrogens (tertiary/aromatic N) is 1. The number of ether oxygens (including phenoxy) is 3. The highest BCUT2D eigenvalue weighted by atomic mass is 16.5. The van der Waals surface area contributed by atoms with Gasteiger partial charge in [-0.2, -0.15) is 0 Å². The quantitative estimate of drug-likeness (QED) is 0.441. The van der Waals surface area contributed by atoms with E-state index in [2.05, 4.69) is 4.99 Å². The molecule has 8 heteroatoms. The number of furan rings is 1. The fourth-order valence-electron chi connectivity index (χ4n) is 2.58. The number of carboxylic acid groups (broad SMARTS) is 1. The summed E-state index contributed by atoms with van der Waals surface area (Å²) in [6.45, 7) is 0.0530. The van der Waals surface area contributed by atoms with Gasteiger partial charge in [-0.3, -0.25) is 4.99 Å². The van der Waals surface area contributed by atoms with Crippen molar-refractivity contribution in [3.8, 4) is 11.5 Å². The van der Waals surface area contributed by atoms with Gasteiger partial charge in [-0.1, -0.05) is 6.07 Å². The number of hydrogen-bond donors (Lipinski definition) is 1. The molecule has 0 unspecified atom stereocenters. The van der Waals surface area contributed by atoms with Crippen molar-refractivity contribution in [2.45, 2.75) is 6.61 Å². The molecular formula is C22H19NO7. The summed E-state index contributed by atoms with van der Waals surface area (Å²) in [5.41, 5.74) is 1.77. The fourth-order valence-corrected chi connectivity index (χ4v) is 2.58. The van der Waals surface area contributed by atoms with Crippen LogP contribution in [0.5, 0.6) is 11.5 Å². The first-order chi connectivity index (χ1) is 14.5. The lowest BCUT2D eigenvalue weighted by molar-refractivity contribution is 0.0599. The highest BCUT2D eigenvalue weighted by molar-refractivity contribution is 5.91. The molecule has 0 bridgehead atoms. The Hall–Kier alpha value is -4.07. The van der Waals surface area contributed by atoms with E-state index in [0.717, 1.165) is 5.56 Å². The molecule has 1 aromatic heterocycles. The third-order valence-electron chi connectivity index (χ3n) is 4.06. The van der Waals surface area contributed by atoms with Gasteiger partial charge in [-0.25, -0.2) is 9.59 Å². The normalized spacial score (nSPS) is 10.7. The SMILES string of the molecule is COC(=O)c1cccc(N=Cc2ccc(OCc3ccc(C(=O)O)o3)c(OC)c2)c1. The molecule has 0 aliphatic rings. The number of rotatable bonds is 8. The first-order valence-electron chi connectivity index (χ1n) is 8.85. The molecule has 3 rings (SSSR count). The summed E-state index contributed by atoms with van der Waals surface area (Å²) in [4.78, 5) is 26.9. The predicted octanol–water partition coefficient (Wildman–Crippen LogP) is 4.10. The van der Waals surface area contributed by atoms with Crippen molar-refractivity contribution >= 4 is 23.8 Å². The first kappa shape index (κ1) is 20.7. The zero-order valence-corrected chi connectivity index (χ0v) is 16.3. The van der Waals surface area contributed by atoms with E-state index in [1.807, 2.05) is 0 Å². The van der Waals surface area contributed by atoms with Crippen molar-refractivity contribution in [1.29, 1.82) is 0 Å². The largest absolute Gasteiger partial charge is 0.493 e. The molecule has 1 N–H and O–H groups in total. The van der Waals surface area contributed by atoms with Crippen LogP contribution < -0.4 is 9.47 Å². The topological polar surface area (TPSA) is 108 Å². The van der Waals surface area contributed by atoms with Crippen LogP contribution in [0.2, 0.25) is 0 Å². The molecule has 0 saturated heterocycles. The number of carboxylic acids is 1. The van der Waals surface area contributed by atoms with Gasteiger partial charge < -0.3 is 23.7 Å². The standard InChI is InChI=1S/C22H19NO7/c1-27-20-10-14(12-23-16-5-3-4-15(11-16)22(26)28-2)6-8-18(20)29-13-17-7-9-19(30-17)21(24)25/h3-12H,13H2,1-2H3,(H,24,25). The maximum Gasteiger partial charge on any atom is 0.371 e. The van der Waals surface area contributed by atoms with Gasteiger partial charge in [-0.05, 0) is 54.1 Å². The third-order valence-corrected chi connectivity index (χ3v) is 4.06. The van der Waals surface area contributed by atoms with Gasteiger partial charge in [0.1, 0.15) is 12.4 Å².